The van der Waals surface area contributed by atoms with Gasteiger partial charge in [0.15, 0.2) is 0 Å². The SMILES string of the molecule is CCCCCCCCCCCCCCC/C=C/C(O)C(CO)NC(=O)CCCCCCC/C=C\CCCCOC(=O)CCCCCCCCCCCCCCCC. The molecule has 0 fully saturated rings. The van der Waals surface area contributed by atoms with Crippen molar-refractivity contribution in [3.05, 3.63) is 24.3 Å². The van der Waals surface area contributed by atoms with E-state index in [-0.39, 0.29) is 18.5 Å². The molecular formula is C51H97NO5. The minimum atomic E-state index is -0.861. The summed E-state index contributed by atoms with van der Waals surface area (Å²) in [6.07, 6.45) is 54.6. The van der Waals surface area contributed by atoms with E-state index in [1.54, 1.807) is 6.08 Å². The third-order valence-corrected chi connectivity index (χ3v) is 11.5. The first-order valence-electron chi connectivity index (χ1n) is 25.1. The van der Waals surface area contributed by atoms with Crippen LogP contribution in [0.2, 0.25) is 0 Å². The highest BCUT2D eigenvalue weighted by atomic mass is 16.5. The molecular weight excluding hydrogens is 707 g/mol. The normalized spacial score (nSPS) is 12.8. The van der Waals surface area contributed by atoms with E-state index in [4.69, 9.17) is 4.74 Å². The summed E-state index contributed by atoms with van der Waals surface area (Å²) in [6, 6.07) is -0.647. The number of allylic oxidation sites excluding steroid dienone is 3. The Morgan fingerprint density at radius 3 is 1.25 bits per heavy atom. The lowest BCUT2D eigenvalue weighted by atomic mass is 10.0. The molecule has 0 rings (SSSR count). The highest BCUT2D eigenvalue weighted by molar-refractivity contribution is 5.76. The highest BCUT2D eigenvalue weighted by Gasteiger charge is 2.18. The summed E-state index contributed by atoms with van der Waals surface area (Å²) >= 11 is 0. The molecule has 2 atom stereocenters. The first kappa shape index (κ1) is 55.3. The van der Waals surface area contributed by atoms with E-state index in [1.807, 2.05) is 6.08 Å². The summed E-state index contributed by atoms with van der Waals surface area (Å²) in [4.78, 5) is 24.4. The first-order chi connectivity index (χ1) is 28.0. The molecule has 0 aliphatic heterocycles. The fourth-order valence-electron chi connectivity index (χ4n) is 7.57. The van der Waals surface area contributed by atoms with Gasteiger partial charge in [0.1, 0.15) is 0 Å². The number of aliphatic hydroxyl groups is 2. The van der Waals surface area contributed by atoms with Crippen molar-refractivity contribution in [2.75, 3.05) is 13.2 Å². The number of rotatable bonds is 46. The van der Waals surface area contributed by atoms with Crippen LogP contribution >= 0.6 is 0 Å². The van der Waals surface area contributed by atoms with Crippen molar-refractivity contribution < 1.29 is 24.5 Å². The van der Waals surface area contributed by atoms with E-state index in [0.29, 0.717) is 19.4 Å². The van der Waals surface area contributed by atoms with Crippen LogP contribution in [0.3, 0.4) is 0 Å². The number of amides is 1. The van der Waals surface area contributed by atoms with Gasteiger partial charge in [-0.25, -0.2) is 0 Å². The second kappa shape index (κ2) is 47.0. The molecule has 3 N–H and O–H groups in total. The topological polar surface area (TPSA) is 95.9 Å². The maximum absolute atomic E-state index is 12.4. The maximum Gasteiger partial charge on any atom is 0.305 e. The van der Waals surface area contributed by atoms with Gasteiger partial charge in [0.05, 0.1) is 25.4 Å². The zero-order chi connectivity index (χ0) is 41.5. The molecule has 0 saturated heterocycles. The second-order valence-corrected chi connectivity index (χ2v) is 17.1. The van der Waals surface area contributed by atoms with Gasteiger partial charge in [0.2, 0.25) is 5.91 Å². The third kappa shape index (κ3) is 43.7. The molecule has 0 aliphatic carbocycles. The zero-order valence-electron chi connectivity index (χ0n) is 38.1. The number of carbonyl (C=O) groups excluding carboxylic acids is 2. The fraction of sp³-hybridized carbons (Fsp3) is 0.882. The molecule has 0 spiro atoms. The molecule has 0 aliphatic rings. The Bertz CT molecular complexity index is 889. The number of hydrogen-bond acceptors (Lipinski definition) is 5. The fourth-order valence-corrected chi connectivity index (χ4v) is 7.57. The lowest BCUT2D eigenvalue weighted by Gasteiger charge is -2.20. The molecule has 336 valence electrons. The van der Waals surface area contributed by atoms with Gasteiger partial charge >= 0.3 is 5.97 Å². The zero-order valence-corrected chi connectivity index (χ0v) is 38.1. The molecule has 0 aromatic heterocycles. The summed E-state index contributed by atoms with van der Waals surface area (Å²) in [5, 5.41) is 23.0. The van der Waals surface area contributed by atoms with Gasteiger partial charge in [-0.05, 0) is 57.8 Å². The Balaban J connectivity index is 3.55. The predicted molar refractivity (Wildman–Crippen MR) is 246 cm³/mol. The third-order valence-electron chi connectivity index (χ3n) is 11.5. The molecule has 0 saturated carbocycles. The van der Waals surface area contributed by atoms with Gasteiger partial charge in [-0.15, -0.1) is 0 Å². The number of nitrogens with one attached hydrogen (secondary N) is 1. The van der Waals surface area contributed by atoms with Gasteiger partial charge in [-0.2, -0.15) is 0 Å². The van der Waals surface area contributed by atoms with Gasteiger partial charge in [-0.3, -0.25) is 9.59 Å². The quantitative estimate of drug-likeness (QED) is 0.0324. The molecule has 6 heteroatoms. The standard InChI is InChI=1S/C51H97NO5/c1-3-5-7-9-11-13-15-17-19-20-23-27-31-35-39-43-49(54)48(47-53)52-50(55)44-40-36-32-28-24-22-26-30-34-38-42-46-57-51(56)45-41-37-33-29-25-21-18-16-14-12-10-8-6-4-2/h26,30,39,43,48-49,53-54H,3-25,27-29,31-38,40-42,44-47H2,1-2H3,(H,52,55)/b30-26-,43-39+. The molecule has 2 unspecified atom stereocenters. The smallest absolute Gasteiger partial charge is 0.305 e. The van der Waals surface area contributed by atoms with Crippen LogP contribution in [0.25, 0.3) is 0 Å². The number of ether oxygens (including phenoxy) is 1. The number of hydrogen-bond donors (Lipinski definition) is 3. The van der Waals surface area contributed by atoms with Crippen LogP contribution in [-0.4, -0.2) is 47.4 Å². The largest absolute Gasteiger partial charge is 0.466 e. The molecule has 0 aromatic rings. The minimum Gasteiger partial charge on any atom is -0.466 e. The Hall–Kier alpha value is -1.66. The van der Waals surface area contributed by atoms with E-state index in [2.05, 4.69) is 31.3 Å². The van der Waals surface area contributed by atoms with Crippen LogP contribution in [0.1, 0.15) is 264 Å². The van der Waals surface area contributed by atoms with Gasteiger partial charge < -0.3 is 20.3 Å². The average Bonchev–Trinajstić information content (AvgIpc) is 3.21. The minimum absolute atomic E-state index is 0.0311. The molecule has 0 radical (unpaired) electrons. The van der Waals surface area contributed by atoms with Crippen LogP contribution in [-0.2, 0) is 14.3 Å². The number of esters is 1. The van der Waals surface area contributed by atoms with Crippen LogP contribution in [0, 0.1) is 0 Å². The second-order valence-electron chi connectivity index (χ2n) is 17.1. The van der Waals surface area contributed by atoms with Crippen LogP contribution in [0.5, 0.6) is 0 Å². The van der Waals surface area contributed by atoms with Crippen LogP contribution in [0.15, 0.2) is 24.3 Å². The van der Waals surface area contributed by atoms with Crippen molar-refractivity contribution in [1.82, 2.24) is 5.32 Å². The van der Waals surface area contributed by atoms with E-state index < -0.39 is 12.1 Å². The summed E-state index contributed by atoms with van der Waals surface area (Å²) in [6.45, 7) is 4.82. The Kier molecular flexibility index (Phi) is 45.7. The van der Waals surface area contributed by atoms with E-state index in [9.17, 15) is 19.8 Å². The summed E-state index contributed by atoms with van der Waals surface area (Å²) in [7, 11) is 0. The van der Waals surface area contributed by atoms with E-state index >= 15 is 0 Å². The van der Waals surface area contributed by atoms with Crippen molar-refractivity contribution in [3.63, 3.8) is 0 Å². The maximum atomic E-state index is 12.4. The molecule has 57 heavy (non-hydrogen) atoms. The Morgan fingerprint density at radius 1 is 0.474 bits per heavy atom. The van der Waals surface area contributed by atoms with Gasteiger partial charge in [0.25, 0.3) is 0 Å². The number of carbonyl (C=O) groups is 2. The monoisotopic (exact) mass is 804 g/mol. The molecule has 0 bridgehead atoms. The van der Waals surface area contributed by atoms with Crippen molar-refractivity contribution >= 4 is 11.9 Å². The Morgan fingerprint density at radius 2 is 0.825 bits per heavy atom. The van der Waals surface area contributed by atoms with Crippen molar-refractivity contribution in [1.29, 1.82) is 0 Å². The summed E-state index contributed by atoms with van der Waals surface area (Å²) in [5.41, 5.74) is 0. The first-order valence-corrected chi connectivity index (χ1v) is 25.1. The molecule has 0 aromatic carbocycles. The predicted octanol–water partition coefficient (Wildman–Crippen LogP) is 14.7. The number of unbranched alkanes of at least 4 members (excludes halogenated alkanes) is 33. The molecule has 0 heterocycles. The van der Waals surface area contributed by atoms with Crippen molar-refractivity contribution in [2.45, 2.75) is 276 Å². The average molecular weight is 804 g/mol. The van der Waals surface area contributed by atoms with Crippen LogP contribution in [0.4, 0.5) is 0 Å². The lowest BCUT2D eigenvalue weighted by Crippen LogP contribution is -2.45. The van der Waals surface area contributed by atoms with Gasteiger partial charge in [-0.1, -0.05) is 218 Å². The van der Waals surface area contributed by atoms with E-state index in [0.717, 1.165) is 83.5 Å². The van der Waals surface area contributed by atoms with E-state index in [1.165, 1.54) is 154 Å². The lowest BCUT2D eigenvalue weighted by molar-refractivity contribution is -0.143. The van der Waals surface area contributed by atoms with Crippen molar-refractivity contribution in [3.8, 4) is 0 Å². The van der Waals surface area contributed by atoms with Crippen molar-refractivity contribution in [2.24, 2.45) is 0 Å². The highest BCUT2D eigenvalue weighted by Crippen LogP contribution is 2.15. The van der Waals surface area contributed by atoms with Gasteiger partial charge in [0, 0.05) is 12.8 Å². The van der Waals surface area contributed by atoms with Crippen LogP contribution < -0.4 is 5.32 Å². The molecule has 1 amide bonds. The Labute approximate surface area is 354 Å². The summed E-state index contributed by atoms with van der Waals surface area (Å²) < 4.78 is 5.43. The molecule has 6 nitrogen and oxygen atoms in total. The summed E-state index contributed by atoms with van der Waals surface area (Å²) in [5.74, 6) is -0.128. The number of aliphatic hydroxyl groups excluding tert-OH is 2.